The molecule has 1 unspecified atom stereocenters. The quantitative estimate of drug-likeness (QED) is 0.339. The molecule has 0 aromatic rings. The number of ketones is 2. The molecule has 7 atom stereocenters. The molecular formula is C28H39ClO4. The van der Waals surface area contributed by atoms with Gasteiger partial charge in [-0.25, -0.2) is 0 Å². The van der Waals surface area contributed by atoms with Crippen LogP contribution >= 0.6 is 11.6 Å². The van der Waals surface area contributed by atoms with Crippen LogP contribution in [0.1, 0.15) is 85.5 Å². The fourth-order valence-electron chi connectivity index (χ4n) is 8.34. The molecule has 3 saturated carbocycles. The number of allylic oxidation sites excluding steroid dienone is 2. The van der Waals surface area contributed by atoms with Crippen LogP contribution in [0.25, 0.3) is 0 Å². The van der Waals surface area contributed by atoms with Crippen molar-refractivity contribution in [2.24, 2.45) is 34.5 Å². The van der Waals surface area contributed by atoms with Crippen LogP contribution in [0.3, 0.4) is 0 Å². The molecule has 0 bridgehead atoms. The van der Waals surface area contributed by atoms with E-state index < -0.39 is 5.60 Å². The molecule has 0 heterocycles. The number of unbranched alkanes of at least 4 members (excludes halogenated alkanes) is 1. The van der Waals surface area contributed by atoms with E-state index in [1.807, 2.05) is 13.0 Å². The van der Waals surface area contributed by atoms with Crippen molar-refractivity contribution in [1.29, 1.82) is 0 Å². The molecule has 33 heavy (non-hydrogen) atoms. The first-order valence-electron chi connectivity index (χ1n) is 12.8. The highest BCUT2D eigenvalue weighted by Crippen LogP contribution is 2.69. The minimum Gasteiger partial charge on any atom is -0.450 e. The molecule has 4 nitrogen and oxygen atoms in total. The van der Waals surface area contributed by atoms with Crippen LogP contribution in [-0.2, 0) is 19.1 Å². The maximum absolute atomic E-state index is 13.1. The number of halogens is 1. The molecular weight excluding hydrogens is 436 g/mol. The molecule has 4 aliphatic carbocycles. The summed E-state index contributed by atoms with van der Waals surface area (Å²) < 4.78 is 6.14. The summed E-state index contributed by atoms with van der Waals surface area (Å²) in [6, 6.07) is 0. The third kappa shape index (κ3) is 3.49. The molecule has 0 N–H and O–H groups in total. The van der Waals surface area contributed by atoms with E-state index in [0.29, 0.717) is 37.0 Å². The third-order valence-electron chi connectivity index (χ3n) is 10.1. The Kier molecular flexibility index (Phi) is 6.48. The third-order valence-corrected chi connectivity index (χ3v) is 10.5. The van der Waals surface area contributed by atoms with Crippen molar-refractivity contribution in [3.63, 3.8) is 0 Å². The molecule has 5 heteroatoms. The zero-order chi connectivity index (χ0) is 24.2. The van der Waals surface area contributed by atoms with Crippen molar-refractivity contribution in [1.82, 2.24) is 0 Å². The average Bonchev–Trinajstić information content (AvgIpc) is 3.06. The van der Waals surface area contributed by atoms with Crippen molar-refractivity contribution in [2.75, 3.05) is 5.88 Å². The lowest BCUT2D eigenvalue weighted by Crippen LogP contribution is -2.60. The number of ether oxygens (including phenoxy) is 1. The second-order valence-electron chi connectivity index (χ2n) is 11.5. The van der Waals surface area contributed by atoms with Gasteiger partial charge in [0, 0.05) is 29.6 Å². The number of carbonyl (C=O) groups is 3. The molecule has 0 aliphatic heterocycles. The van der Waals surface area contributed by atoms with Gasteiger partial charge in [-0.2, -0.15) is 0 Å². The highest BCUT2D eigenvalue weighted by Gasteiger charge is 2.68. The Hall–Kier alpha value is -1.42. The Morgan fingerprint density at radius 2 is 1.88 bits per heavy atom. The van der Waals surface area contributed by atoms with E-state index in [1.54, 1.807) is 6.92 Å². The summed E-state index contributed by atoms with van der Waals surface area (Å²) in [7, 11) is 0. The van der Waals surface area contributed by atoms with Gasteiger partial charge in [-0.05, 0) is 80.8 Å². The summed E-state index contributed by atoms with van der Waals surface area (Å²) in [5, 5.41) is 0. The smallest absolute Gasteiger partial charge is 0.306 e. The number of rotatable bonds is 6. The Morgan fingerprint density at radius 1 is 1.18 bits per heavy atom. The van der Waals surface area contributed by atoms with Crippen LogP contribution in [0.15, 0.2) is 23.8 Å². The Morgan fingerprint density at radius 3 is 2.52 bits per heavy atom. The van der Waals surface area contributed by atoms with Gasteiger partial charge in [0.1, 0.15) is 0 Å². The molecule has 0 spiro atoms. The molecule has 3 fully saturated rings. The number of Topliss-reactive ketones (excluding diaryl/α,β-unsaturated/α-hetero) is 1. The van der Waals surface area contributed by atoms with Crippen molar-refractivity contribution in [3.8, 4) is 0 Å². The second kappa shape index (κ2) is 8.66. The molecule has 0 amide bonds. The number of esters is 1. The molecule has 4 rings (SSSR count). The van der Waals surface area contributed by atoms with Gasteiger partial charge < -0.3 is 4.74 Å². The summed E-state index contributed by atoms with van der Waals surface area (Å²) in [5.41, 5.74) is 0.583. The summed E-state index contributed by atoms with van der Waals surface area (Å²) >= 11 is 6.45. The zero-order valence-corrected chi connectivity index (χ0v) is 21.4. The van der Waals surface area contributed by atoms with E-state index in [4.69, 9.17) is 16.3 Å². The predicted molar refractivity (Wildman–Crippen MR) is 130 cm³/mol. The predicted octanol–water partition coefficient (Wildman–Crippen LogP) is 6.21. The monoisotopic (exact) mass is 474 g/mol. The summed E-state index contributed by atoms with van der Waals surface area (Å²) in [6.07, 6.45) is 8.52. The highest BCUT2D eigenvalue weighted by molar-refractivity contribution is 6.18. The molecule has 4 aliphatic rings. The summed E-state index contributed by atoms with van der Waals surface area (Å²) in [6.45, 7) is 12.5. The topological polar surface area (TPSA) is 60.4 Å². The van der Waals surface area contributed by atoms with Gasteiger partial charge in [0.2, 0.25) is 0 Å². The van der Waals surface area contributed by atoms with E-state index >= 15 is 0 Å². The summed E-state index contributed by atoms with van der Waals surface area (Å²) in [5.74, 6) is 1.49. The fraction of sp³-hybridized carbons (Fsp3) is 0.750. The van der Waals surface area contributed by atoms with Crippen molar-refractivity contribution in [3.05, 3.63) is 23.8 Å². The second-order valence-corrected chi connectivity index (χ2v) is 11.8. The van der Waals surface area contributed by atoms with Crippen LogP contribution in [0.2, 0.25) is 0 Å². The SMILES string of the molecule is C=C1C[C@H]2[C@@H]3CC[C@](OC(=O)CCCC)(C(C)=O)[C@@]3(C)CC[C@@H]2[C@]2(C)C1=CC(=O)CC2CCl. The van der Waals surface area contributed by atoms with Crippen LogP contribution in [0, 0.1) is 34.5 Å². The summed E-state index contributed by atoms with van der Waals surface area (Å²) in [4.78, 5) is 38.3. The van der Waals surface area contributed by atoms with Gasteiger partial charge in [-0.1, -0.05) is 39.3 Å². The molecule has 0 aromatic heterocycles. The maximum atomic E-state index is 13.1. The molecule has 0 radical (unpaired) electrons. The van der Waals surface area contributed by atoms with Gasteiger partial charge in [-0.15, -0.1) is 11.6 Å². The van der Waals surface area contributed by atoms with Gasteiger partial charge >= 0.3 is 5.97 Å². The largest absolute Gasteiger partial charge is 0.450 e. The van der Waals surface area contributed by atoms with Crippen LogP contribution in [-0.4, -0.2) is 29.0 Å². The Labute approximate surface area is 203 Å². The molecule has 182 valence electrons. The van der Waals surface area contributed by atoms with Gasteiger partial charge in [-0.3, -0.25) is 14.4 Å². The standard InChI is InChI=1S/C28H39ClO4/c1-6-7-8-25(32)33-28(18(3)30)12-10-22-21-13-17(2)24-15-20(31)14-19(16-29)27(24,5)23(21)9-11-26(22,28)4/h15,19,21-23H,2,6-14,16H2,1,3-5H3/t19?,21-,22-,23-,26-,27+,28-/m0/s1. The highest BCUT2D eigenvalue weighted by atomic mass is 35.5. The van der Waals surface area contributed by atoms with Crippen LogP contribution in [0.4, 0.5) is 0 Å². The molecule has 0 aromatic carbocycles. The van der Waals surface area contributed by atoms with Crippen molar-refractivity contribution in [2.45, 2.75) is 91.1 Å². The Bertz CT molecular complexity index is 906. The van der Waals surface area contributed by atoms with Crippen molar-refractivity contribution >= 4 is 29.1 Å². The Balaban J connectivity index is 1.70. The minimum atomic E-state index is -1.03. The van der Waals surface area contributed by atoms with E-state index in [9.17, 15) is 14.4 Å². The normalized spacial score (nSPS) is 42.2. The lowest BCUT2D eigenvalue weighted by molar-refractivity contribution is -0.189. The van der Waals surface area contributed by atoms with E-state index in [0.717, 1.165) is 49.7 Å². The van der Waals surface area contributed by atoms with E-state index in [1.165, 1.54) is 0 Å². The van der Waals surface area contributed by atoms with Gasteiger partial charge in [0.25, 0.3) is 0 Å². The molecule has 0 saturated heterocycles. The first-order chi connectivity index (χ1) is 15.5. The maximum Gasteiger partial charge on any atom is 0.306 e. The van der Waals surface area contributed by atoms with Gasteiger partial charge in [0.15, 0.2) is 17.2 Å². The van der Waals surface area contributed by atoms with E-state index in [-0.39, 0.29) is 40.2 Å². The first-order valence-corrected chi connectivity index (χ1v) is 13.3. The first kappa shape index (κ1) is 24.7. The minimum absolute atomic E-state index is 0.0147. The number of hydrogen-bond acceptors (Lipinski definition) is 4. The average molecular weight is 475 g/mol. The van der Waals surface area contributed by atoms with Gasteiger partial charge in [0.05, 0.1) is 0 Å². The number of alkyl halides is 1. The van der Waals surface area contributed by atoms with Crippen LogP contribution in [0.5, 0.6) is 0 Å². The number of fused-ring (bicyclic) bond motifs is 5. The zero-order valence-electron chi connectivity index (χ0n) is 20.7. The van der Waals surface area contributed by atoms with Crippen molar-refractivity contribution < 1.29 is 19.1 Å². The lowest BCUT2D eigenvalue weighted by Gasteiger charge is -2.61. The number of carbonyl (C=O) groups excluding carboxylic acids is 3. The number of hydrogen-bond donors (Lipinski definition) is 0. The fourth-order valence-corrected chi connectivity index (χ4v) is 8.77. The lowest BCUT2D eigenvalue weighted by atomic mass is 9.44. The van der Waals surface area contributed by atoms with E-state index in [2.05, 4.69) is 20.4 Å². The van der Waals surface area contributed by atoms with Crippen LogP contribution < -0.4 is 0 Å².